The molecular weight excluding hydrogens is 268 g/mol. The molecule has 1 rings (SSSR count). The maximum Gasteiger partial charge on any atom is 0.548 e. The van der Waals surface area contributed by atoms with Crippen LogP contribution in [0.3, 0.4) is 0 Å². The molecule has 1 N–H and O–H groups in total. The fraction of sp³-hybridized carbons (Fsp3) is 0.222. The van der Waals surface area contributed by atoms with E-state index in [9.17, 15) is 9.36 Å². The monoisotopic (exact) mass is 277 g/mol. The van der Waals surface area contributed by atoms with E-state index in [1.54, 1.807) is 24.3 Å². The minimum Gasteiger partial charge on any atom is -0.481 e. The van der Waals surface area contributed by atoms with Gasteiger partial charge in [0.2, 0.25) is 5.30 Å². The third-order valence-corrected chi connectivity index (χ3v) is 2.63. The Morgan fingerprint density at radius 2 is 1.93 bits per heavy atom. The molecule has 0 aliphatic carbocycles. The zero-order valence-corrected chi connectivity index (χ0v) is 12.0. The second kappa shape index (κ2) is 7.64. The maximum atomic E-state index is 11.4. The molecule has 1 unspecified atom stereocenters. The summed E-state index contributed by atoms with van der Waals surface area (Å²) in [7, 11) is -1.92. The van der Waals surface area contributed by atoms with Crippen LogP contribution in [0.5, 0.6) is 0 Å². The van der Waals surface area contributed by atoms with Crippen LogP contribution in [-0.2, 0) is 33.4 Å². The van der Waals surface area contributed by atoms with Crippen LogP contribution in [0.1, 0.15) is 6.42 Å². The summed E-state index contributed by atoms with van der Waals surface area (Å²) >= 11 is 0. The maximum absolute atomic E-state index is 11.4. The van der Waals surface area contributed by atoms with Gasteiger partial charge in [0.15, 0.2) is 0 Å². The summed E-state index contributed by atoms with van der Waals surface area (Å²) in [6.45, 7) is -0.0283. The van der Waals surface area contributed by atoms with Gasteiger partial charge in [-0.25, -0.2) is 0 Å². The van der Waals surface area contributed by atoms with Crippen molar-refractivity contribution in [2.24, 2.45) is 0 Å². The summed E-state index contributed by atoms with van der Waals surface area (Å²) in [4.78, 5) is 10.1. The van der Waals surface area contributed by atoms with Gasteiger partial charge in [0, 0.05) is 19.5 Å². The summed E-state index contributed by atoms with van der Waals surface area (Å²) in [6, 6.07) is 8.68. The van der Waals surface area contributed by atoms with Crippen molar-refractivity contribution >= 4 is 19.3 Å². The molecule has 0 aromatic heterocycles. The molecule has 0 saturated heterocycles. The van der Waals surface area contributed by atoms with Crippen molar-refractivity contribution in [1.29, 1.82) is 0 Å². The van der Waals surface area contributed by atoms with Gasteiger partial charge < -0.3 is 5.11 Å². The molecular formula is C9H10O4PZn+. The fourth-order valence-electron chi connectivity index (χ4n) is 0.840. The molecule has 1 atom stereocenters. The van der Waals surface area contributed by atoms with Gasteiger partial charge >= 0.3 is 14.0 Å². The van der Waals surface area contributed by atoms with Crippen LogP contribution in [0.25, 0.3) is 0 Å². The standard InChI is InChI=1S/C9H9O4P.Zn/c10-9(11)6-7-13-14(12)8-4-2-1-3-5-8;/h1-5H,6-7H2;/p+1. The average Bonchev–Trinajstić information content (AvgIpc) is 2.18. The zero-order valence-electron chi connectivity index (χ0n) is 8.13. The van der Waals surface area contributed by atoms with Gasteiger partial charge in [-0.1, -0.05) is 18.2 Å². The fourth-order valence-corrected chi connectivity index (χ4v) is 1.66. The molecule has 4 nitrogen and oxygen atoms in total. The predicted molar refractivity (Wildman–Crippen MR) is 51.9 cm³/mol. The minimum absolute atomic E-state index is 0. The Morgan fingerprint density at radius 1 is 1.33 bits per heavy atom. The summed E-state index contributed by atoms with van der Waals surface area (Å²) in [6.07, 6.45) is -0.131. The van der Waals surface area contributed by atoms with E-state index in [-0.39, 0.29) is 32.5 Å². The van der Waals surface area contributed by atoms with E-state index < -0.39 is 14.0 Å². The van der Waals surface area contributed by atoms with Crippen molar-refractivity contribution in [3.8, 4) is 0 Å². The SMILES string of the molecule is O=C(O)CCO[P+](=O)c1ccccc1.[Zn]. The van der Waals surface area contributed by atoms with Crippen LogP contribution in [0, 0.1) is 0 Å². The summed E-state index contributed by atoms with van der Waals surface area (Å²) in [5.41, 5.74) is 0. The quantitative estimate of drug-likeness (QED) is 0.655. The van der Waals surface area contributed by atoms with Gasteiger partial charge in [0.25, 0.3) is 0 Å². The van der Waals surface area contributed by atoms with Crippen molar-refractivity contribution in [1.82, 2.24) is 0 Å². The largest absolute Gasteiger partial charge is 0.548 e. The van der Waals surface area contributed by atoms with Crippen LogP contribution in [0.15, 0.2) is 30.3 Å². The molecule has 15 heavy (non-hydrogen) atoms. The van der Waals surface area contributed by atoms with E-state index >= 15 is 0 Å². The number of aliphatic carboxylic acids is 1. The summed E-state index contributed by atoms with van der Waals surface area (Å²) < 4.78 is 16.2. The first-order chi connectivity index (χ1) is 6.70. The van der Waals surface area contributed by atoms with Crippen LogP contribution in [-0.4, -0.2) is 17.7 Å². The van der Waals surface area contributed by atoms with Crippen molar-refractivity contribution in [3.63, 3.8) is 0 Å². The van der Waals surface area contributed by atoms with Crippen LogP contribution < -0.4 is 5.30 Å². The average molecular weight is 279 g/mol. The van der Waals surface area contributed by atoms with Gasteiger partial charge in [-0.3, -0.25) is 4.79 Å². The van der Waals surface area contributed by atoms with E-state index in [1.807, 2.05) is 6.07 Å². The van der Waals surface area contributed by atoms with Crippen molar-refractivity contribution in [2.75, 3.05) is 6.61 Å². The summed E-state index contributed by atoms with van der Waals surface area (Å²) in [5, 5.41) is 8.90. The van der Waals surface area contributed by atoms with Gasteiger partial charge in [-0.15, -0.1) is 4.52 Å². The van der Waals surface area contributed by atoms with E-state index in [0.717, 1.165) is 0 Å². The molecule has 0 aliphatic rings. The van der Waals surface area contributed by atoms with Gasteiger partial charge in [-0.05, 0) is 16.7 Å². The number of hydrogen-bond donors (Lipinski definition) is 1. The van der Waals surface area contributed by atoms with E-state index in [1.165, 1.54) is 0 Å². The summed E-state index contributed by atoms with van der Waals surface area (Å²) in [5.74, 6) is -0.957. The normalized spacial score (nSPS) is 10.3. The molecule has 0 aliphatic heterocycles. The predicted octanol–water partition coefficient (Wildman–Crippen LogP) is 1.54. The molecule has 0 fully saturated rings. The van der Waals surface area contributed by atoms with Crippen LogP contribution >= 0.6 is 8.03 Å². The number of benzene rings is 1. The molecule has 0 saturated carbocycles. The Hall–Kier alpha value is -0.627. The van der Waals surface area contributed by atoms with Gasteiger partial charge in [0.05, 0.1) is 6.42 Å². The second-order valence-corrected chi connectivity index (χ2v) is 3.86. The van der Waals surface area contributed by atoms with Crippen LogP contribution in [0.4, 0.5) is 0 Å². The Labute approximate surface area is 101 Å². The topological polar surface area (TPSA) is 63.6 Å². The first-order valence-electron chi connectivity index (χ1n) is 4.07. The first-order valence-corrected chi connectivity index (χ1v) is 5.25. The number of carboxylic acids is 1. The molecule has 0 heterocycles. The smallest absolute Gasteiger partial charge is 0.481 e. The second-order valence-electron chi connectivity index (χ2n) is 2.57. The van der Waals surface area contributed by atoms with Crippen molar-refractivity contribution < 1.29 is 38.5 Å². The molecule has 1 aromatic carbocycles. The number of carboxylic acid groups (broad SMARTS) is 1. The van der Waals surface area contributed by atoms with Gasteiger partial charge in [-0.2, -0.15) is 0 Å². The Kier molecular flexibility index (Phi) is 7.32. The van der Waals surface area contributed by atoms with Crippen molar-refractivity contribution in [2.45, 2.75) is 6.42 Å². The zero-order chi connectivity index (χ0) is 10.4. The first kappa shape index (κ1) is 14.4. The molecule has 6 heteroatoms. The number of carbonyl (C=O) groups is 1. The van der Waals surface area contributed by atoms with E-state index in [4.69, 9.17) is 9.63 Å². The molecule has 1 aromatic rings. The Morgan fingerprint density at radius 3 is 2.47 bits per heavy atom. The molecule has 0 radical (unpaired) electrons. The number of hydrogen-bond acceptors (Lipinski definition) is 3. The minimum atomic E-state index is -1.92. The molecule has 76 valence electrons. The number of rotatable bonds is 5. The molecule has 0 amide bonds. The van der Waals surface area contributed by atoms with Crippen molar-refractivity contribution in [3.05, 3.63) is 30.3 Å². The molecule has 0 bridgehead atoms. The Bertz CT molecular complexity index is 328. The van der Waals surface area contributed by atoms with Crippen LogP contribution in [0.2, 0.25) is 0 Å². The van der Waals surface area contributed by atoms with E-state index in [2.05, 4.69) is 0 Å². The van der Waals surface area contributed by atoms with Gasteiger partial charge in [0.1, 0.15) is 6.61 Å². The third kappa shape index (κ3) is 5.73. The van der Waals surface area contributed by atoms with E-state index in [0.29, 0.717) is 5.30 Å². The molecule has 0 spiro atoms. The third-order valence-electron chi connectivity index (χ3n) is 1.49. The Balaban J connectivity index is 0.00000196.